The number of hydrogen-bond donors (Lipinski definition) is 1. The van der Waals surface area contributed by atoms with E-state index in [1.807, 2.05) is 0 Å². The fourth-order valence-electron chi connectivity index (χ4n) is 1.95. The van der Waals surface area contributed by atoms with E-state index >= 15 is 0 Å². The smallest absolute Gasteiger partial charge is 0.330 e. The number of hydrogen-bond acceptors (Lipinski definition) is 6. The highest BCUT2D eigenvalue weighted by atomic mass is 17.2. The van der Waals surface area contributed by atoms with Crippen molar-refractivity contribution in [3.8, 4) is 0 Å². The molecule has 0 saturated carbocycles. The number of carbonyl (C=O) groups excluding carboxylic acids is 1. The van der Waals surface area contributed by atoms with Crippen molar-refractivity contribution in [2.24, 2.45) is 5.41 Å². The van der Waals surface area contributed by atoms with Crippen LogP contribution in [0.25, 0.3) is 0 Å². The van der Waals surface area contributed by atoms with Crippen molar-refractivity contribution in [2.45, 2.75) is 25.4 Å². The quantitative estimate of drug-likeness (QED) is 0.124. The van der Waals surface area contributed by atoms with Gasteiger partial charge in [0.25, 0.3) is 0 Å². The average Bonchev–Trinajstić information content (AvgIpc) is 2.59. The Labute approximate surface area is 137 Å². The van der Waals surface area contributed by atoms with E-state index in [9.17, 15) is 4.79 Å². The van der Waals surface area contributed by atoms with Gasteiger partial charge < -0.3 is 4.74 Å². The maximum absolute atomic E-state index is 11.4. The zero-order valence-electron chi connectivity index (χ0n) is 13.4. The molecule has 0 aromatic heterocycles. The Morgan fingerprint density at radius 1 is 1.13 bits per heavy atom. The first-order chi connectivity index (χ1) is 11.1. The fraction of sp³-hybridized carbons (Fsp3) is 0.471. The van der Waals surface area contributed by atoms with Gasteiger partial charge in [-0.25, -0.2) is 19.5 Å². The molecule has 0 aromatic rings. The predicted molar refractivity (Wildman–Crippen MR) is 87.4 cm³/mol. The topological polar surface area (TPSA) is 74.2 Å². The van der Waals surface area contributed by atoms with Gasteiger partial charge in [0.2, 0.25) is 0 Å². The minimum absolute atomic E-state index is 0.0524. The third kappa shape index (κ3) is 9.10. The van der Waals surface area contributed by atoms with Crippen LogP contribution in [-0.2, 0) is 24.2 Å². The fourth-order valence-corrected chi connectivity index (χ4v) is 1.95. The maximum atomic E-state index is 11.4. The summed E-state index contributed by atoms with van der Waals surface area (Å²) < 4.78 is 5.18. The lowest BCUT2D eigenvalue weighted by Gasteiger charge is -2.33. The summed E-state index contributed by atoms with van der Waals surface area (Å²) in [6.07, 6.45) is 6.78. The molecule has 0 heterocycles. The van der Waals surface area contributed by atoms with Gasteiger partial charge in [-0.15, -0.1) is 19.7 Å². The number of allylic oxidation sites excluding steroid dienone is 1. The summed E-state index contributed by atoms with van der Waals surface area (Å²) >= 11 is 0. The summed E-state index contributed by atoms with van der Waals surface area (Å²) in [4.78, 5) is 25.9. The number of ether oxygens (including phenoxy) is 1. The van der Waals surface area contributed by atoms with Crippen molar-refractivity contribution in [1.82, 2.24) is 0 Å². The Hall–Kier alpha value is -1.73. The minimum Gasteiger partial charge on any atom is -0.462 e. The van der Waals surface area contributed by atoms with E-state index in [4.69, 9.17) is 19.8 Å². The van der Waals surface area contributed by atoms with Crippen LogP contribution in [-0.4, -0.2) is 37.2 Å². The summed E-state index contributed by atoms with van der Waals surface area (Å²) in [6, 6.07) is 0. The first kappa shape index (κ1) is 21.3. The Morgan fingerprint density at radius 2 is 1.87 bits per heavy atom. The maximum Gasteiger partial charge on any atom is 0.330 e. The zero-order chi connectivity index (χ0) is 17.6. The van der Waals surface area contributed by atoms with E-state index in [0.717, 1.165) is 6.08 Å². The van der Waals surface area contributed by atoms with E-state index in [0.29, 0.717) is 19.3 Å². The molecule has 6 nitrogen and oxygen atoms in total. The summed E-state index contributed by atoms with van der Waals surface area (Å²) in [5.74, 6) is -0.542. The average molecular weight is 326 g/mol. The highest BCUT2D eigenvalue weighted by Crippen LogP contribution is 2.32. The second-order valence-electron chi connectivity index (χ2n) is 5.06. The SMILES string of the molecule is C=CCCC(COOCC=C)(COC(=O)C=C)CC(C=C)OO. The molecular formula is C17H26O6. The first-order valence-corrected chi connectivity index (χ1v) is 7.25. The molecule has 23 heavy (non-hydrogen) atoms. The molecule has 0 aliphatic rings. The van der Waals surface area contributed by atoms with E-state index < -0.39 is 17.5 Å². The van der Waals surface area contributed by atoms with Crippen molar-refractivity contribution in [1.29, 1.82) is 0 Å². The third-order valence-corrected chi connectivity index (χ3v) is 3.23. The molecule has 2 atom stereocenters. The Bertz CT molecular complexity index is 393. The van der Waals surface area contributed by atoms with Gasteiger partial charge in [-0.3, -0.25) is 5.26 Å². The summed E-state index contributed by atoms with van der Waals surface area (Å²) in [7, 11) is 0. The molecule has 0 fully saturated rings. The summed E-state index contributed by atoms with van der Waals surface area (Å²) in [5.41, 5.74) is -0.643. The predicted octanol–water partition coefficient (Wildman–Crippen LogP) is 3.24. The number of esters is 1. The Balaban J connectivity index is 5.08. The summed E-state index contributed by atoms with van der Waals surface area (Å²) in [5, 5.41) is 8.95. The molecule has 0 aliphatic heterocycles. The monoisotopic (exact) mass is 326 g/mol. The zero-order valence-corrected chi connectivity index (χ0v) is 13.4. The van der Waals surface area contributed by atoms with E-state index in [2.05, 4.69) is 31.2 Å². The Kier molecular flexibility index (Phi) is 11.8. The highest BCUT2D eigenvalue weighted by molar-refractivity contribution is 5.81. The molecule has 130 valence electrons. The molecule has 1 N–H and O–H groups in total. The van der Waals surface area contributed by atoms with E-state index in [-0.39, 0.29) is 19.8 Å². The van der Waals surface area contributed by atoms with Crippen LogP contribution in [0.15, 0.2) is 50.6 Å². The van der Waals surface area contributed by atoms with Crippen molar-refractivity contribution in [3.05, 3.63) is 50.6 Å². The third-order valence-electron chi connectivity index (χ3n) is 3.23. The molecule has 0 bridgehead atoms. The van der Waals surface area contributed by atoms with Crippen LogP contribution >= 0.6 is 0 Å². The lowest BCUT2D eigenvalue weighted by Crippen LogP contribution is -2.37. The first-order valence-electron chi connectivity index (χ1n) is 7.25. The van der Waals surface area contributed by atoms with Crippen LogP contribution in [0.4, 0.5) is 0 Å². The number of carbonyl (C=O) groups is 1. The van der Waals surface area contributed by atoms with E-state index in [1.54, 1.807) is 12.2 Å². The van der Waals surface area contributed by atoms with Crippen LogP contribution in [0, 0.1) is 5.41 Å². The minimum atomic E-state index is -0.643. The van der Waals surface area contributed by atoms with Crippen molar-refractivity contribution in [3.63, 3.8) is 0 Å². The van der Waals surface area contributed by atoms with Gasteiger partial charge in [-0.05, 0) is 19.3 Å². The van der Waals surface area contributed by atoms with Gasteiger partial charge in [-0.2, -0.15) is 0 Å². The molecule has 0 rings (SSSR count). The number of rotatable bonds is 15. The van der Waals surface area contributed by atoms with Gasteiger partial charge in [-0.1, -0.05) is 24.8 Å². The second kappa shape index (κ2) is 12.8. The Morgan fingerprint density at radius 3 is 2.39 bits per heavy atom. The van der Waals surface area contributed by atoms with Crippen LogP contribution < -0.4 is 0 Å². The molecule has 0 spiro atoms. The van der Waals surface area contributed by atoms with Gasteiger partial charge >= 0.3 is 5.97 Å². The van der Waals surface area contributed by atoms with Crippen LogP contribution in [0.5, 0.6) is 0 Å². The molecule has 0 aliphatic carbocycles. The standard InChI is InChI=1S/C17H26O6/c1-5-9-10-17(12-15(7-3)23-19,13-20-16(18)8-4)14-22-21-11-6-2/h5-8,15,19H,1-4,9-14H2. The van der Waals surface area contributed by atoms with Crippen LogP contribution in [0.1, 0.15) is 19.3 Å². The van der Waals surface area contributed by atoms with E-state index in [1.165, 1.54) is 6.08 Å². The van der Waals surface area contributed by atoms with Gasteiger partial charge in [0.05, 0.1) is 13.2 Å². The van der Waals surface area contributed by atoms with Gasteiger partial charge in [0.15, 0.2) is 0 Å². The highest BCUT2D eigenvalue weighted by Gasteiger charge is 2.35. The second-order valence-corrected chi connectivity index (χ2v) is 5.06. The molecular weight excluding hydrogens is 300 g/mol. The van der Waals surface area contributed by atoms with Gasteiger partial charge in [0, 0.05) is 11.5 Å². The van der Waals surface area contributed by atoms with Crippen LogP contribution in [0.2, 0.25) is 0 Å². The summed E-state index contributed by atoms with van der Waals surface area (Å²) in [6.45, 7) is 14.6. The van der Waals surface area contributed by atoms with Crippen LogP contribution in [0.3, 0.4) is 0 Å². The largest absolute Gasteiger partial charge is 0.462 e. The van der Waals surface area contributed by atoms with Crippen molar-refractivity contribution < 1.29 is 29.5 Å². The van der Waals surface area contributed by atoms with Crippen molar-refractivity contribution in [2.75, 3.05) is 19.8 Å². The molecule has 0 saturated heterocycles. The molecule has 0 amide bonds. The van der Waals surface area contributed by atoms with Gasteiger partial charge in [0.1, 0.15) is 12.7 Å². The normalized spacial score (nSPS) is 14.3. The molecule has 0 radical (unpaired) electrons. The molecule has 6 heteroatoms. The molecule has 0 aromatic carbocycles. The molecule has 2 unspecified atom stereocenters. The van der Waals surface area contributed by atoms with Crippen molar-refractivity contribution >= 4 is 5.97 Å². The lowest BCUT2D eigenvalue weighted by molar-refractivity contribution is -0.313. The lowest BCUT2D eigenvalue weighted by atomic mass is 9.79.